The van der Waals surface area contributed by atoms with Gasteiger partial charge in [0.25, 0.3) is 0 Å². The average molecular weight is 841 g/mol. The predicted molar refractivity (Wildman–Crippen MR) is 244 cm³/mol. The molecule has 0 amide bonds. The molecule has 2 N–H and O–H groups in total. The van der Waals surface area contributed by atoms with Crippen LogP contribution in [0.4, 0.5) is 0 Å². The molecule has 0 aliphatic rings. The third kappa shape index (κ3) is 47.2. The Morgan fingerprint density at radius 3 is 1.05 bits per heavy atom. The molecular formula is C49H93O8P. The molecule has 0 fully saturated rings. The summed E-state index contributed by atoms with van der Waals surface area (Å²) in [5.74, 6) is -0.876. The van der Waals surface area contributed by atoms with Crippen molar-refractivity contribution in [1.29, 1.82) is 0 Å². The zero-order valence-corrected chi connectivity index (χ0v) is 38.9. The van der Waals surface area contributed by atoms with Crippen LogP contribution in [0.25, 0.3) is 0 Å². The smallest absolute Gasteiger partial charge is 0.462 e. The number of hydrogen-bond acceptors (Lipinski definition) is 6. The van der Waals surface area contributed by atoms with Crippen LogP contribution in [-0.2, 0) is 28.2 Å². The van der Waals surface area contributed by atoms with Crippen molar-refractivity contribution in [3.63, 3.8) is 0 Å². The van der Waals surface area contributed by atoms with Crippen molar-refractivity contribution < 1.29 is 37.9 Å². The Bertz CT molecular complexity index is 993. The lowest BCUT2D eigenvalue weighted by molar-refractivity contribution is -0.161. The second-order valence-corrected chi connectivity index (χ2v) is 18.0. The SMILES string of the molecule is CCCCCCCC/C=C\CCCCCCCCCCCCCC(=O)OC[C@H](COP(=O)(O)O)OC(=O)CCCCCCCCCCC/C=C\CCCCCCCC. The van der Waals surface area contributed by atoms with Gasteiger partial charge in [-0.2, -0.15) is 0 Å². The van der Waals surface area contributed by atoms with E-state index in [1.54, 1.807) is 0 Å². The number of esters is 2. The maximum atomic E-state index is 12.5. The normalized spacial score (nSPS) is 12.6. The highest BCUT2D eigenvalue weighted by Crippen LogP contribution is 2.36. The standard InChI is InChI=1S/C49H93O8P/c1-3-5-7-9-11-13-15-17-19-21-23-24-26-27-29-31-33-35-37-39-41-43-48(50)55-45-47(46-56-58(52,53)54)57-49(51)44-42-40-38-36-34-32-30-28-25-22-20-18-16-14-12-10-8-6-4-2/h17-20,47H,3-16,21-46H2,1-2H3,(H2,52,53,54)/b19-17-,20-18-/t47-/m1/s1. The van der Waals surface area contributed by atoms with Crippen molar-refractivity contribution >= 4 is 19.8 Å². The number of unbranched alkanes of at least 4 members (excludes halogenated alkanes) is 32. The molecule has 0 saturated carbocycles. The molecule has 8 nitrogen and oxygen atoms in total. The molecule has 0 aromatic rings. The zero-order chi connectivity index (χ0) is 42.5. The lowest BCUT2D eigenvalue weighted by Gasteiger charge is -2.18. The van der Waals surface area contributed by atoms with E-state index in [9.17, 15) is 14.2 Å². The van der Waals surface area contributed by atoms with Gasteiger partial charge in [-0.25, -0.2) is 4.57 Å². The van der Waals surface area contributed by atoms with Crippen LogP contribution in [0.3, 0.4) is 0 Å². The fourth-order valence-corrected chi connectivity index (χ4v) is 7.61. The number of allylic oxidation sites excluding steroid dienone is 4. The van der Waals surface area contributed by atoms with Gasteiger partial charge in [-0.3, -0.25) is 14.1 Å². The van der Waals surface area contributed by atoms with Gasteiger partial charge in [0.2, 0.25) is 0 Å². The predicted octanol–water partition coefficient (Wildman–Crippen LogP) is 15.5. The molecule has 342 valence electrons. The molecule has 0 aromatic carbocycles. The van der Waals surface area contributed by atoms with E-state index < -0.39 is 32.5 Å². The molecule has 0 aromatic heterocycles. The summed E-state index contributed by atoms with van der Waals surface area (Å²) >= 11 is 0. The Morgan fingerprint density at radius 1 is 0.431 bits per heavy atom. The lowest BCUT2D eigenvalue weighted by Crippen LogP contribution is -2.29. The highest BCUT2D eigenvalue weighted by molar-refractivity contribution is 7.46. The van der Waals surface area contributed by atoms with Crippen LogP contribution in [0, 0.1) is 0 Å². The highest BCUT2D eigenvalue weighted by atomic mass is 31.2. The first-order valence-corrected chi connectivity index (χ1v) is 26.2. The van der Waals surface area contributed by atoms with E-state index in [1.807, 2.05) is 0 Å². The maximum Gasteiger partial charge on any atom is 0.469 e. The first kappa shape index (κ1) is 56.5. The summed E-state index contributed by atoms with van der Waals surface area (Å²) in [5.41, 5.74) is 0. The molecule has 0 bridgehead atoms. The van der Waals surface area contributed by atoms with E-state index in [-0.39, 0.29) is 19.4 Å². The Morgan fingerprint density at radius 2 is 0.724 bits per heavy atom. The van der Waals surface area contributed by atoms with E-state index >= 15 is 0 Å². The first-order chi connectivity index (χ1) is 28.3. The van der Waals surface area contributed by atoms with Gasteiger partial charge in [-0.1, -0.05) is 205 Å². The van der Waals surface area contributed by atoms with E-state index in [1.165, 1.54) is 186 Å². The van der Waals surface area contributed by atoms with Crippen LogP contribution < -0.4 is 0 Å². The summed E-state index contributed by atoms with van der Waals surface area (Å²) in [7, 11) is -4.76. The molecule has 0 rings (SSSR count). The molecule has 0 spiro atoms. The molecule has 0 radical (unpaired) electrons. The maximum absolute atomic E-state index is 12.5. The molecule has 9 heteroatoms. The van der Waals surface area contributed by atoms with Gasteiger partial charge < -0.3 is 19.3 Å². The molecule has 0 aliphatic heterocycles. The number of rotatable bonds is 46. The summed E-state index contributed by atoms with van der Waals surface area (Å²) in [6.45, 7) is 3.72. The van der Waals surface area contributed by atoms with Gasteiger partial charge in [-0.15, -0.1) is 0 Å². The Labute approximate surface area is 358 Å². The highest BCUT2D eigenvalue weighted by Gasteiger charge is 2.23. The monoisotopic (exact) mass is 841 g/mol. The Kier molecular flexibility index (Phi) is 43.9. The van der Waals surface area contributed by atoms with Gasteiger partial charge in [0.05, 0.1) is 6.61 Å². The van der Waals surface area contributed by atoms with Crippen LogP contribution in [0.5, 0.6) is 0 Å². The zero-order valence-electron chi connectivity index (χ0n) is 38.0. The third-order valence-electron chi connectivity index (χ3n) is 10.9. The topological polar surface area (TPSA) is 119 Å². The third-order valence-corrected chi connectivity index (χ3v) is 11.4. The van der Waals surface area contributed by atoms with E-state index in [4.69, 9.17) is 19.3 Å². The quantitative estimate of drug-likeness (QED) is 0.0269. The lowest BCUT2D eigenvalue weighted by atomic mass is 10.0. The average Bonchev–Trinajstić information content (AvgIpc) is 3.20. The number of hydrogen-bond donors (Lipinski definition) is 2. The Balaban J connectivity index is 3.81. The van der Waals surface area contributed by atoms with Crippen LogP contribution in [-0.4, -0.2) is 41.0 Å². The second-order valence-electron chi connectivity index (χ2n) is 16.8. The van der Waals surface area contributed by atoms with E-state index in [0.29, 0.717) is 6.42 Å². The number of carbonyl (C=O) groups is 2. The van der Waals surface area contributed by atoms with Crippen molar-refractivity contribution in [2.45, 2.75) is 264 Å². The molecule has 0 aliphatic carbocycles. The van der Waals surface area contributed by atoms with Crippen LogP contribution in [0.1, 0.15) is 258 Å². The summed E-state index contributed by atoms with van der Waals surface area (Å²) in [5, 5.41) is 0. The summed E-state index contributed by atoms with van der Waals surface area (Å²) in [4.78, 5) is 43.0. The van der Waals surface area contributed by atoms with E-state index in [2.05, 4.69) is 42.7 Å². The molecule has 1 atom stereocenters. The van der Waals surface area contributed by atoms with Gasteiger partial charge in [0.1, 0.15) is 6.61 Å². The fraction of sp³-hybridized carbons (Fsp3) is 0.878. The Hall–Kier alpha value is -1.47. The molecule has 0 unspecified atom stereocenters. The van der Waals surface area contributed by atoms with Crippen LogP contribution >= 0.6 is 7.82 Å². The van der Waals surface area contributed by atoms with Crippen molar-refractivity contribution in [2.24, 2.45) is 0 Å². The summed E-state index contributed by atoms with van der Waals surface area (Å²) in [6.07, 6.45) is 53.3. The largest absolute Gasteiger partial charge is 0.469 e. The summed E-state index contributed by atoms with van der Waals surface area (Å²) < 4.78 is 26.5. The van der Waals surface area contributed by atoms with Crippen molar-refractivity contribution in [2.75, 3.05) is 13.2 Å². The number of carbonyl (C=O) groups excluding carboxylic acids is 2. The van der Waals surface area contributed by atoms with Crippen LogP contribution in [0.15, 0.2) is 24.3 Å². The second kappa shape index (κ2) is 45.1. The van der Waals surface area contributed by atoms with E-state index in [0.717, 1.165) is 38.5 Å². The fourth-order valence-electron chi connectivity index (χ4n) is 7.25. The first-order valence-electron chi connectivity index (χ1n) is 24.6. The van der Waals surface area contributed by atoms with Gasteiger partial charge >= 0.3 is 19.8 Å². The van der Waals surface area contributed by atoms with Gasteiger partial charge in [0, 0.05) is 12.8 Å². The summed E-state index contributed by atoms with van der Waals surface area (Å²) in [6, 6.07) is 0. The minimum absolute atomic E-state index is 0.212. The minimum Gasteiger partial charge on any atom is -0.462 e. The molecular weight excluding hydrogens is 748 g/mol. The van der Waals surface area contributed by atoms with Crippen molar-refractivity contribution in [3.05, 3.63) is 24.3 Å². The van der Waals surface area contributed by atoms with Crippen molar-refractivity contribution in [3.8, 4) is 0 Å². The minimum atomic E-state index is -4.76. The number of ether oxygens (including phenoxy) is 2. The number of phosphoric acid groups is 1. The number of phosphoric ester groups is 1. The molecule has 0 heterocycles. The van der Waals surface area contributed by atoms with Gasteiger partial charge in [-0.05, 0) is 64.2 Å². The van der Waals surface area contributed by atoms with Crippen molar-refractivity contribution in [1.82, 2.24) is 0 Å². The van der Waals surface area contributed by atoms with Gasteiger partial charge in [0.15, 0.2) is 6.10 Å². The molecule has 0 saturated heterocycles. The van der Waals surface area contributed by atoms with Crippen LogP contribution in [0.2, 0.25) is 0 Å². The molecule has 58 heavy (non-hydrogen) atoms.